The Morgan fingerprint density at radius 1 is 1.08 bits per heavy atom. The molecule has 25 heavy (non-hydrogen) atoms. The Kier molecular flexibility index (Phi) is 4.37. The van der Waals surface area contributed by atoms with Crippen LogP contribution in [0.5, 0.6) is 0 Å². The molecule has 5 heteroatoms. The van der Waals surface area contributed by atoms with Crippen LogP contribution in [0, 0.1) is 5.92 Å². The van der Waals surface area contributed by atoms with E-state index >= 15 is 0 Å². The second-order valence-corrected chi connectivity index (χ2v) is 6.48. The number of benzene rings is 1. The molecule has 0 unspecified atom stereocenters. The number of furan rings is 1. The fraction of sp³-hybridized carbons (Fsp3) is 0.300. The predicted molar refractivity (Wildman–Crippen MR) is 93.0 cm³/mol. The Morgan fingerprint density at radius 3 is 2.60 bits per heavy atom. The summed E-state index contributed by atoms with van der Waals surface area (Å²) >= 11 is 0. The zero-order valence-corrected chi connectivity index (χ0v) is 13.9. The lowest BCUT2D eigenvalue weighted by atomic mass is 9.90. The van der Waals surface area contributed by atoms with Crippen LogP contribution in [0.25, 0.3) is 11.5 Å². The highest BCUT2D eigenvalue weighted by Crippen LogP contribution is 2.25. The molecule has 0 N–H and O–H groups in total. The summed E-state index contributed by atoms with van der Waals surface area (Å²) in [6.45, 7) is 1.53. The number of hydrogen-bond donors (Lipinski definition) is 0. The molecule has 3 aromatic rings. The minimum absolute atomic E-state index is 0.0697. The third kappa shape index (κ3) is 3.50. The zero-order valence-electron chi connectivity index (χ0n) is 13.9. The maximum Gasteiger partial charge on any atom is 0.276 e. The van der Waals surface area contributed by atoms with Crippen LogP contribution in [0.1, 0.15) is 28.9 Å². The van der Waals surface area contributed by atoms with Crippen molar-refractivity contribution in [1.29, 1.82) is 0 Å². The molecule has 0 atom stereocenters. The van der Waals surface area contributed by atoms with Gasteiger partial charge in [0.1, 0.15) is 0 Å². The van der Waals surface area contributed by atoms with E-state index in [1.807, 2.05) is 11.0 Å². The molecular weight excluding hydrogens is 316 g/mol. The van der Waals surface area contributed by atoms with Gasteiger partial charge in [0, 0.05) is 19.2 Å². The molecular formula is C20H20N2O3. The van der Waals surface area contributed by atoms with Gasteiger partial charge in [-0.05, 0) is 42.9 Å². The topological polar surface area (TPSA) is 59.5 Å². The van der Waals surface area contributed by atoms with Crippen LogP contribution >= 0.6 is 0 Å². The summed E-state index contributed by atoms with van der Waals surface area (Å²) in [4.78, 5) is 14.5. The first-order chi connectivity index (χ1) is 12.3. The van der Waals surface area contributed by atoms with Crippen LogP contribution in [0.4, 0.5) is 0 Å². The number of amides is 1. The number of rotatable bonds is 4. The van der Waals surface area contributed by atoms with Crippen molar-refractivity contribution in [3.63, 3.8) is 0 Å². The van der Waals surface area contributed by atoms with E-state index in [0.29, 0.717) is 23.1 Å². The van der Waals surface area contributed by atoms with Crippen molar-refractivity contribution in [1.82, 2.24) is 10.1 Å². The van der Waals surface area contributed by atoms with Crippen molar-refractivity contribution in [3.8, 4) is 11.5 Å². The lowest BCUT2D eigenvalue weighted by Gasteiger charge is -2.31. The molecule has 1 fully saturated rings. The van der Waals surface area contributed by atoms with Crippen molar-refractivity contribution < 1.29 is 13.7 Å². The van der Waals surface area contributed by atoms with E-state index in [-0.39, 0.29) is 5.91 Å². The van der Waals surface area contributed by atoms with Crippen LogP contribution in [0.15, 0.2) is 63.7 Å². The summed E-state index contributed by atoms with van der Waals surface area (Å²) in [5, 5.41) is 3.91. The van der Waals surface area contributed by atoms with Gasteiger partial charge < -0.3 is 13.8 Å². The number of carbonyl (C=O) groups is 1. The highest BCUT2D eigenvalue weighted by atomic mass is 16.5. The molecule has 2 aromatic heterocycles. The van der Waals surface area contributed by atoms with Crippen molar-refractivity contribution in [2.24, 2.45) is 5.92 Å². The summed E-state index contributed by atoms with van der Waals surface area (Å²) in [6, 6.07) is 15.7. The van der Waals surface area contributed by atoms with E-state index < -0.39 is 0 Å². The zero-order chi connectivity index (χ0) is 17.1. The molecule has 0 aliphatic carbocycles. The minimum Gasteiger partial charge on any atom is -0.461 e. The van der Waals surface area contributed by atoms with Crippen LogP contribution < -0.4 is 0 Å². The van der Waals surface area contributed by atoms with Crippen LogP contribution in [0.2, 0.25) is 0 Å². The standard InChI is InChI=1S/C20H20N2O3/c23-20(17-14-19(25-21-17)18-7-4-12-24-18)22-10-8-16(9-11-22)13-15-5-2-1-3-6-15/h1-7,12,14,16H,8-11,13H2. The van der Waals surface area contributed by atoms with E-state index in [1.165, 1.54) is 5.56 Å². The molecule has 0 bridgehead atoms. The number of hydrogen-bond acceptors (Lipinski definition) is 4. The average Bonchev–Trinajstić information content (AvgIpc) is 3.34. The van der Waals surface area contributed by atoms with E-state index in [2.05, 4.69) is 29.4 Å². The molecule has 0 saturated carbocycles. The maximum absolute atomic E-state index is 12.6. The Labute approximate surface area is 146 Å². The van der Waals surface area contributed by atoms with E-state index in [1.54, 1.807) is 24.5 Å². The third-order valence-corrected chi connectivity index (χ3v) is 4.76. The van der Waals surface area contributed by atoms with Gasteiger partial charge in [0.15, 0.2) is 11.5 Å². The quantitative estimate of drug-likeness (QED) is 0.722. The average molecular weight is 336 g/mol. The van der Waals surface area contributed by atoms with Gasteiger partial charge in [-0.1, -0.05) is 35.5 Å². The van der Waals surface area contributed by atoms with E-state index in [9.17, 15) is 4.79 Å². The second-order valence-electron chi connectivity index (χ2n) is 6.48. The Balaban J connectivity index is 1.35. The monoisotopic (exact) mass is 336 g/mol. The molecule has 1 amide bonds. The molecule has 0 spiro atoms. The van der Waals surface area contributed by atoms with E-state index in [0.717, 1.165) is 32.4 Å². The Hall–Kier alpha value is -2.82. The first kappa shape index (κ1) is 15.7. The fourth-order valence-corrected chi connectivity index (χ4v) is 3.36. The van der Waals surface area contributed by atoms with Crippen molar-refractivity contribution in [3.05, 3.63) is 66.1 Å². The van der Waals surface area contributed by atoms with Gasteiger partial charge in [0.25, 0.3) is 5.91 Å². The van der Waals surface area contributed by atoms with Gasteiger partial charge in [-0.25, -0.2) is 0 Å². The Morgan fingerprint density at radius 2 is 1.88 bits per heavy atom. The minimum atomic E-state index is -0.0697. The molecule has 0 radical (unpaired) electrons. The third-order valence-electron chi connectivity index (χ3n) is 4.76. The summed E-state index contributed by atoms with van der Waals surface area (Å²) < 4.78 is 10.5. The van der Waals surface area contributed by atoms with Gasteiger partial charge in [-0.3, -0.25) is 4.79 Å². The summed E-state index contributed by atoms with van der Waals surface area (Å²) in [6.07, 6.45) is 4.68. The number of likely N-dealkylation sites (tertiary alicyclic amines) is 1. The molecule has 3 heterocycles. The van der Waals surface area contributed by atoms with Crippen LogP contribution in [-0.4, -0.2) is 29.1 Å². The van der Waals surface area contributed by atoms with Crippen LogP contribution in [-0.2, 0) is 6.42 Å². The summed E-state index contributed by atoms with van der Waals surface area (Å²) in [7, 11) is 0. The molecule has 4 rings (SSSR count). The largest absolute Gasteiger partial charge is 0.461 e. The van der Waals surface area contributed by atoms with Crippen LogP contribution in [0.3, 0.4) is 0 Å². The predicted octanol–water partition coefficient (Wildman–Crippen LogP) is 4.03. The van der Waals surface area contributed by atoms with Gasteiger partial charge >= 0.3 is 0 Å². The molecule has 1 aliphatic rings. The maximum atomic E-state index is 12.6. The van der Waals surface area contributed by atoms with Crippen molar-refractivity contribution in [2.45, 2.75) is 19.3 Å². The lowest BCUT2D eigenvalue weighted by Crippen LogP contribution is -2.39. The number of nitrogens with zero attached hydrogens (tertiary/aromatic N) is 2. The number of carbonyl (C=O) groups excluding carboxylic acids is 1. The van der Waals surface area contributed by atoms with Crippen molar-refractivity contribution in [2.75, 3.05) is 13.1 Å². The molecule has 1 saturated heterocycles. The molecule has 1 aliphatic heterocycles. The first-order valence-corrected chi connectivity index (χ1v) is 8.63. The second kappa shape index (κ2) is 6.97. The number of aromatic nitrogens is 1. The van der Waals surface area contributed by atoms with Crippen molar-refractivity contribution >= 4 is 5.91 Å². The fourth-order valence-electron chi connectivity index (χ4n) is 3.36. The van der Waals surface area contributed by atoms with Gasteiger partial charge in [-0.2, -0.15) is 0 Å². The molecule has 5 nitrogen and oxygen atoms in total. The molecule has 1 aromatic carbocycles. The number of piperidine rings is 1. The van der Waals surface area contributed by atoms with E-state index in [4.69, 9.17) is 8.94 Å². The smallest absolute Gasteiger partial charge is 0.276 e. The normalized spacial score (nSPS) is 15.4. The molecule has 128 valence electrons. The highest BCUT2D eigenvalue weighted by Gasteiger charge is 2.26. The lowest BCUT2D eigenvalue weighted by molar-refractivity contribution is 0.0680. The first-order valence-electron chi connectivity index (χ1n) is 8.63. The van der Waals surface area contributed by atoms with Gasteiger partial charge in [-0.15, -0.1) is 0 Å². The SMILES string of the molecule is O=C(c1cc(-c2ccco2)on1)N1CCC(Cc2ccccc2)CC1. The highest BCUT2D eigenvalue weighted by molar-refractivity contribution is 5.93. The summed E-state index contributed by atoms with van der Waals surface area (Å²) in [5.41, 5.74) is 1.71. The van der Waals surface area contributed by atoms with Gasteiger partial charge in [0.2, 0.25) is 5.76 Å². The van der Waals surface area contributed by atoms with Gasteiger partial charge in [0.05, 0.1) is 6.26 Å². The summed E-state index contributed by atoms with van der Waals surface area (Å²) in [5.74, 6) is 1.61. The Bertz CT molecular complexity index is 816.